The van der Waals surface area contributed by atoms with Gasteiger partial charge in [-0.05, 0) is 73.6 Å². The number of carbonyl (C=O) groups excluding carboxylic acids is 1. The molecule has 1 saturated heterocycles. The van der Waals surface area contributed by atoms with Gasteiger partial charge in [0.25, 0.3) is 0 Å². The monoisotopic (exact) mass is 373 g/mol. The van der Waals surface area contributed by atoms with Gasteiger partial charge in [-0.1, -0.05) is 5.57 Å². The minimum absolute atomic E-state index is 0.143. The van der Waals surface area contributed by atoms with Gasteiger partial charge in [0.15, 0.2) is 0 Å². The van der Waals surface area contributed by atoms with E-state index in [0.29, 0.717) is 11.5 Å². The Labute approximate surface area is 163 Å². The average Bonchev–Trinajstić information content (AvgIpc) is 2.68. The Morgan fingerprint density at radius 2 is 2.04 bits per heavy atom. The van der Waals surface area contributed by atoms with Gasteiger partial charge in [0.2, 0.25) is 5.91 Å². The summed E-state index contributed by atoms with van der Waals surface area (Å²) in [4.78, 5) is 20.9. The molecule has 3 heterocycles. The first-order chi connectivity index (χ1) is 13.6. The number of amides is 1. The first-order valence-corrected chi connectivity index (χ1v) is 9.41. The number of piperidine rings is 1. The van der Waals surface area contributed by atoms with Crippen LogP contribution in [0.25, 0.3) is 21.9 Å². The molecule has 28 heavy (non-hydrogen) atoms. The van der Waals surface area contributed by atoms with Gasteiger partial charge in [-0.3, -0.25) is 9.78 Å². The standard InChI is InChI=1S/C22H23N5O/c1-14-2-5-25-12-18(14)16-9-17-11-21(26-13-19(17)20(23)10-16)27-22(28)8-15-3-6-24-7-4-15/h2,5,8-13,24H,3-4,6-7,23H2,1H3,(H,26,27,28). The molecule has 4 rings (SSSR count). The third kappa shape index (κ3) is 3.87. The molecule has 1 aromatic carbocycles. The van der Waals surface area contributed by atoms with E-state index in [1.165, 1.54) is 0 Å². The van der Waals surface area contributed by atoms with Gasteiger partial charge >= 0.3 is 0 Å². The molecule has 142 valence electrons. The third-order valence-corrected chi connectivity index (χ3v) is 5.05. The number of benzene rings is 1. The van der Waals surface area contributed by atoms with E-state index in [4.69, 9.17) is 5.73 Å². The van der Waals surface area contributed by atoms with E-state index >= 15 is 0 Å². The first kappa shape index (κ1) is 18.1. The quantitative estimate of drug-likeness (QED) is 0.483. The second kappa shape index (κ2) is 7.78. The number of nitrogens with zero attached hydrogens (tertiary/aromatic N) is 2. The van der Waals surface area contributed by atoms with Crippen molar-refractivity contribution in [3.05, 3.63) is 60.1 Å². The Hall–Kier alpha value is -3.25. The molecule has 0 bridgehead atoms. The highest BCUT2D eigenvalue weighted by atomic mass is 16.1. The van der Waals surface area contributed by atoms with Gasteiger partial charge in [-0.2, -0.15) is 0 Å². The lowest BCUT2D eigenvalue weighted by Crippen LogP contribution is -2.24. The lowest BCUT2D eigenvalue weighted by atomic mass is 9.99. The zero-order chi connectivity index (χ0) is 19.5. The summed E-state index contributed by atoms with van der Waals surface area (Å²) in [6.07, 6.45) is 8.82. The van der Waals surface area contributed by atoms with Gasteiger partial charge in [0.1, 0.15) is 5.82 Å². The number of fused-ring (bicyclic) bond motifs is 1. The Bertz CT molecular complexity index is 1070. The second-order valence-electron chi connectivity index (χ2n) is 7.09. The number of aromatic nitrogens is 2. The zero-order valence-corrected chi connectivity index (χ0v) is 15.8. The highest BCUT2D eigenvalue weighted by Crippen LogP contribution is 2.31. The van der Waals surface area contributed by atoms with E-state index in [1.54, 1.807) is 18.5 Å². The molecule has 3 aromatic rings. The predicted octanol–water partition coefficient (Wildman–Crippen LogP) is 3.44. The lowest BCUT2D eigenvalue weighted by molar-refractivity contribution is -0.112. The fourth-order valence-corrected chi connectivity index (χ4v) is 3.52. The Balaban J connectivity index is 1.64. The van der Waals surface area contributed by atoms with Gasteiger partial charge < -0.3 is 16.4 Å². The summed E-state index contributed by atoms with van der Waals surface area (Å²) < 4.78 is 0. The van der Waals surface area contributed by atoms with E-state index in [9.17, 15) is 4.79 Å². The number of hydrogen-bond donors (Lipinski definition) is 3. The number of aryl methyl sites for hydroxylation is 1. The van der Waals surface area contributed by atoms with Gasteiger partial charge in [-0.15, -0.1) is 0 Å². The van der Waals surface area contributed by atoms with Crippen LogP contribution in [0.3, 0.4) is 0 Å². The van der Waals surface area contributed by atoms with Gasteiger partial charge in [-0.25, -0.2) is 4.98 Å². The van der Waals surface area contributed by atoms with Crippen LogP contribution in [0.4, 0.5) is 11.5 Å². The Morgan fingerprint density at radius 1 is 1.21 bits per heavy atom. The molecule has 2 aromatic heterocycles. The smallest absolute Gasteiger partial charge is 0.249 e. The fraction of sp³-hybridized carbons (Fsp3) is 0.227. The summed E-state index contributed by atoms with van der Waals surface area (Å²) in [5.74, 6) is 0.374. The van der Waals surface area contributed by atoms with Crippen molar-refractivity contribution < 1.29 is 4.79 Å². The van der Waals surface area contributed by atoms with Crippen molar-refractivity contribution in [1.82, 2.24) is 15.3 Å². The molecule has 0 saturated carbocycles. The summed E-state index contributed by atoms with van der Waals surface area (Å²) in [5, 5.41) is 7.95. The van der Waals surface area contributed by atoms with Crippen LogP contribution >= 0.6 is 0 Å². The van der Waals surface area contributed by atoms with Crippen molar-refractivity contribution in [2.45, 2.75) is 19.8 Å². The third-order valence-electron chi connectivity index (χ3n) is 5.05. The molecular weight excluding hydrogens is 350 g/mol. The molecule has 6 nitrogen and oxygen atoms in total. The summed E-state index contributed by atoms with van der Waals surface area (Å²) in [7, 11) is 0. The maximum absolute atomic E-state index is 12.3. The van der Waals surface area contributed by atoms with Crippen LogP contribution in [0.1, 0.15) is 18.4 Å². The number of nitrogens with two attached hydrogens (primary N) is 1. The van der Waals surface area contributed by atoms with Crippen molar-refractivity contribution in [2.75, 3.05) is 24.1 Å². The largest absolute Gasteiger partial charge is 0.398 e. The van der Waals surface area contributed by atoms with Gasteiger partial charge in [0, 0.05) is 41.3 Å². The molecule has 1 aliphatic rings. The Kier molecular flexibility index (Phi) is 5.04. The lowest BCUT2D eigenvalue weighted by Gasteiger charge is -2.15. The maximum atomic E-state index is 12.3. The predicted molar refractivity (Wildman–Crippen MR) is 113 cm³/mol. The molecule has 1 fully saturated rings. The van der Waals surface area contributed by atoms with Crippen molar-refractivity contribution in [1.29, 1.82) is 0 Å². The second-order valence-corrected chi connectivity index (χ2v) is 7.09. The summed E-state index contributed by atoms with van der Waals surface area (Å²) in [6, 6.07) is 7.83. The van der Waals surface area contributed by atoms with E-state index in [-0.39, 0.29) is 5.91 Å². The van der Waals surface area contributed by atoms with Crippen molar-refractivity contribution in [2.24, 2.45) is 0 Å². The van der Waals surface area contributed by atoms with Gasteiger partial charge in [0.05, 0.1) is 0 Å². The average molecular weight is 373 g/mol. The zero-order valence-electron chi connectivity index (χ0n) is 15.8. The molecule has 6 heteroatoms. The number of rotatable bonds is 3. The number of hydrogen-bond acceptors (Lipinski definition) is 5. The Morgan fingerprint density at radius 3 is 2.82 bits per heavy atom. The summed E-state index contributed by atoms with van der Waals surface area (Å²) in [5.41, 5.74) is 11.2. The molecular formula is C22H23N5O. The molecule has 0 atom stereocenters. The fourth-order valence-electron chi connectivity index (χ4n) is 3.52. The van der Waals surface area contributed by atoms with Crippen LogP contribution in [-0.2, 0) is 4.79 Å². The number of anilines is 2. The van der Waals surface area contributed by atoms with Crippen LogP contribution in [-0.4, -0.2) is 29.0 Å². The first-order valence-electron chi connectivity index (χ1n) is 9.41. The van der Waals surface area contributed by atoms with E-state index in [0.717, 1.165) is 59.0 Å². The minimum Gasteiger partial charge on any atom is -0.398 e. The number of carbonyl (C=O) groups is 1. The molecule has 0 radical (unpaired) electrons. The van der Waals surface area contributed by atoms with E-state index < -0.39 is 0 Å². The normalized spacial score (nSPS) is 14.1. The van der Waals surface area contributed by atoms with Crippen LogP contribution in [0.5, 0.6) is 0 Å². The van der Waals surface area contributed by atoms with Crippen LogP contribution in [0.15, 0.2) is 54.5 Å². The molecule has 0 unspecified atom stereocenters. The number of pyridine rings is 2. The molecule has 0 spiro atoms. The van der Waals surface area contributed by atoms with Crippen molar-refractivity contribution in [3.8, 4) is 11.1 Å². The van der Waals surface area contributed by atoms with Crippen LogP contribution in [0, 0.1) is 6.92 Å². The SMILES string of the molecule is Cc1ccncc1-c1cc(N)c2cnc(NC(=O)C=C3CCNCC3)cc2c1. The topological polar surface area (TPSA) is 92.9 Å². The van der Waals surface area contributed by atoms with Crippen molar-refractivity contribution >= 4 is 28.2 Å². The van der Waals surface area contributed by atoms with Crippen LogP contribution in [0.2, 0.25) is 0 Å². The van der Waals surface area contributed by atoms with Crippen LogP contribution < -0.4 is 16.4 Å². The summed E-state index contributed by atoms with van der Waals surface area (Å²) in [6.45, 7) is 3.89. The highest BCUT2D eigenvalue weighted by molar-refractivity contribution is 6.02. The maximum Gasteiger partial charge on any atom is 0.249 e. The molecule has 4 N–H and O–H groups in total. The molecule has 1 aliphatic heterocycles. The van der Waals surface area contributed by atoms with E-state index in [1.807, 2.05) is 31.3 Å². The minimum atomic E-state index is -0.143. The molecule has 0 aliphatic carbocycles. The van der Waals surface area contributed by atoms with Crippen molar-refractivity contribution in [3.63, 3.8) is 0 Å². The van der Waals surface area contributed by atoms with E-state index in [2.05, 4.69) is 26.7 Å². The highest BCUT2D eigenvalue weighted by Gasteiger charge is 2.10. The number of nitrogen functional groups attached to an aromatic ring is 1. The summed E-state index contributed by atoms with van der Waals surface area (Å²) >= 11 is 0. The molecule has 1 amide bonds. The number of nitrogens with one attached hydrogen (secondary N) is 2.